The van der Waals surface area contributed by atoms with E-state index in [1.807, 2.05) is 18.2 Å². The zero-order valence-corrected chi connectivity index (χ0v) is 29.0. The van der Waals surface area contributed by atoms with Crippen LogP contribution in [-0.4, -0.2) is 23.6 Å². The van der Waals surface area contributed by atoms with Gasteiger partial charge in [0.1, 0.15) is 28.4 Å². The van der Waals surface area contributed by atoms with Crippen LogP contribution in [0.2, 0.25) is 0 Å². The van der Waals surface area contributed by atoms with Crippen molar-refractivity contribution in [3.8, 4) is 0 Å². The second-order valence-electron chi connectivity index (χ2n) is 10.6. The number of benzene rings is 5. The van der Waals surface area contributed by atoms with Gasteiger partial charge in [-0.3, -0.25) is 0 Å². The molecule has 3 nitrogen and oxygen atoms in total. The first-order chi connectivity index (χ1) is 20.2. The first kappa shape index (κ1) is 35.1. The van der Waals surface area contributed by atoms with Gasteiger partial charge in [0.05, 0.1) is 0 Å². The average Bonchev–Trinajstić information content (AvgIpc) is 3.44. The van der Waals surface area contributed by atoms with Gasteiger partial charge in [-0.1, -0.05) is 115 Å². The molecule has 5 heteroatoms. The molecule has 0 fully saturated rings. The molecule has 0 saturated heterocycles. The minimum absolute atomic E-state index is 0. The quantitative estimate of drug-likeness (QED) is 0.106. The van der Waals surface area contributed by atoms with Gasteiger partial charge in [-0.15, -0.1) is 0 Å². The molecule has 0 bridgehead atoms. The van der Waals surface area contributed by atoms with Crippen LogP contribution >= 0.6 is 8.15 Å². The molecule has 1 aliphatic heterocycles. The summed E-state index contributed by atoms with van der Waals surface area (Å²) in [4.78, 5) is 5.33. The van der Waals surface area contributed by atoms with Gasteiger partial charge in [0, 0.05) is 38.5 Å². The summed E-state index contributed by atoms with van der Waals surface area (Å²) in [7, 11) is -1.66. The fourth-order valence-electron chi connectivity index (χ4n) is 5.72. The van der Waals surface area contributed by atoms with Crippen molar-refractivity contribution in [1.29, 1.82) is 0 Å². The number of nitrogens with zero attached hydrogens (tertiary/aromatic N) is 1. The summed E-state index contributed by atoms with van der Waals surface area (Å²) in [5.41, 5.74) is 2.77. The Hall–Kier alpha value is -3.39. The van der Waals surface area contributed by atoms with Crippen LogP contribution in [0.25, 0.3) is 0 Å². The van der Waals surface area contributed by atoms with E-state index in [0.717, 1.165) is 5.56 Å². The van der Waals surface area contributed by atoms with Crippen molar-refractivity contribution in [1.82, 2.24) is 0 Å². The fraction of sp³-hybridized carbons (Fsp3) is 0.154. The maximum absolute atomic E-state index is 7.67. The molecule has 1 aliphatic rings. The van der Waals surface area contributed by atoms with Crippen LogP contribution in [0.3, 0.4) is 0 Å². The van der Waals surface area contributed by atoms with Gasteiger partial charge < -0.3 is 19.6 Å². The first-order valence-electron chi connectivity index (χ1n) is 14.2. The number of aliphatic imine (C=N–C) groups is 1. The normalized spacial score (nSPS) is 15.6. The summed E-state index contributed by atoms with van der Waals surface area (Å²) >= 11 is 0. The van der Waals surface area contributed by atoms with E-state index in [9.17, 15) is 0 Å². The van der Waals surface area contributed by atoms with Gasteiger partial charge in [0.25, 0.3) is 0 Å². The van der Waals surface area contributed by atoms with Crippen molar-refractivity contribution in [2.45, 2.75) is 37.5 Å². The summed E-state index contributed by atoms with van der Waals surface area (Å²) in [6.07, 6.45) is 1.26. The van der Waals surface area contributed by atoms with E-state index in [0.29, 0.717) is 18.7 Å². The maximum atomic E-state index is 7.67. The molecule has 0 aromatic heterocycles. The largest absolute Gasteiger partial charge is 0.472 e. The van der Waals surface area contributed by atoms with Crippen LogP contribution in [0, 0.1) is 14.9 Å². The number of hydrogen-bond donors (Lipinski definition) is 0. The van der Waals surface area contributed by atoms with Crippen molar-refractivity contribution < 1.29 is 29.4 Å². The Bertz CT molecular complexity index is 1470. The summed E-state index contributed by atoms with van der Waals surface area (Å²) in [5, 5.41) is 2.43. The summed E-state index contributed by atoms with van der Waals surface area (Å²) in [5.74, 6) is 0.686. The van der Waals surface area contributed by atoms with Crippen molar-refractivity contribution in [2.75, 3.05) is 0 Å². The summed E-state index contributed by atoms with van der Waals surface area (Å²) < 4.78 is 14.2. The van der Waals surface area contributed by atoms with E-state index in [1.165, 1.54) is 21.7 Å². The van der Waals surface area contributed by atoms with Gasteiger partial charge >= 0.3 is 0 Å². The Kier molecular flexibility index (Phi) is 13.3. The van der Waals surface area contributed by atoms with E-state index in [1.54, 1.807) is 0 Å². The van der Waals surface area contributed by atoms with Gasteiger partial charge in [0.2, 0.25) is 5.90 Å². The van der Waals surface area contributed by atoms with Crippen LogP contribution in [-0.2, 0) is 42.2 Å². The summed E-state index contributed by atoms with van der Waals surface area (Å²) in [6.45, 7) is 2.13. The van der Waals surface area contributed by atoms with Crippen LogP contribution < -0.4 is 10.6 Å². The molecule has 0 aliphatic carbocycles. The Labute approximate surface area is 278 Å². The molecule has 44 heavy (non-hydrogen) atoms. The minimum atomic E-state index is -1.66. The van der Waals surface area contributed by atoms with Gasteiger partial charge in [0.15, 0.2) is 8.15 Å². The van der Waals surface area contributed by atoms with Gasteiger partial charge in [-0.2, -0.15) is 0 Å². The molecule has 229 valence electrons. The van der Waals surface area contributed by atoms with Crippen LogP contribution in [0.15, 0.2) is 157 Å². The van der Waals surface area contributed by atoms with Crippen LogP contribution in [0.5, 0.6) is 0 Å². The van der Waals surface area contributed by atoms with Crippen molar-refractivity contribution in [2.24, 2.45) is 4.99 Å². The standard InChI is InChI=1S/C37H34NO2P.2CH3.Ir/c1-29-35(38-36(39-29)32-21-11-4-12-22-32)37(27-30-17-7-2-8-18-30,28-31-19-9-3-10-20-31)40-41(33-23-13-5-14-24-33)34-25-15-6-16-26-34;;;/h2-26,29,35H,27-28H2,1H3;2*1H3;/q;2*-1;/p+1. The van der Waals surface area contributed by atoms with Crippen molar-refractivity contribution >= 4 is 24.7 Å². The molecule has 1 heterocycles. The van der Waals surface area contributed by atoms with Gasteiger partial charge in [-0.25, -0.2) is 9.52 Å². The Morgan fingerprint density at radius 1 is 0.614 bits per heavy atom. The molecule has 2 atom stereocenters. The number of hydrogen-bond acceptors (Lipinski definition) is 3. The third kappa shape index (κ3) is 8.20. The third-order valence-corrected chi connectivity index (χ3v) is 9.95. The topological polar surface area (TPSA) is 30.8 Å². The van der Waals surface area contributed by atoms with Crippen molar-refractivity contribution in [3.05, 3.63) is 183 Å². The average molecular weight is 779 g/mol. The molecule has 0 N–H and O–H groups in total. The van der Waals surface area contributed by atoms with E-state index >= 15 is 0 Å². The molecule has 0 saturated carbocycles. The molecular weight excluding hydrogens is 738 g/mol. The Morgan fingerprint density at radius 2 is 1.00 bits per heavy atom. The molecule has 0 amide bonds. The summed E-state index contributed by atoms with van der Waals surface area (Å²) in [6, 6.07) is 52.7. The number of ether oxygens (including phenoxy) is 1. The fourth-order valence-corrected chi connectivity index (χ4v) is 7.96. The molecule has 2 unspecified atom stereocenters. The zero-order valence-electron chi connectivity index (χ0n) is 25.6. The Morgan fingerprint density at radius 3 is 1.43 bits per heavy atom. The van der Waals surface area contributed by atoms with Crippen molar-refractivity contribution in [3.63, 3.8) is 0 Å². The van der Waals surface area contributed by atoms with Crippen LogP contribution in [0.4, 0.5) is 0 Å². The molecule has 5 aromatic carbocycles. The van der Waals surface area contributed by atoms with E-state index in [-0.39, 0.29) is 47.1 Å². The van der Waals surface area contributed by atoms with Crippen LogP contribution in [0.1, 0.15) is 23.6 Å². The van der Waals surface area contributed by atoms with Gasteiger partial charge in [-0.05, 0) is 54.4 Å². The second kappa shape index (κ2) is 16.6. The van der Waals surface area contributed by atoms with E-state index < -0.39 is 13.7 Å². The van der Waals surface area contributed by atoms with E-state index in [2.05, 4.69) is 140 Å². The third-order valence-electron chi connectivity index (χ3n) is 7.63. The molecule has 6 rings (SSSR count). The zero-order chi connectivity index (χ0) is 27.9. The number of rotatable bonds is 10. The second-order valence-corrected chi connectivity index (χ2v) is 12.6. The minimum Gasteiger partial charge on any atom is -0.472 e. The molecule has 0 spiro atoms. The first-order valence-corrected chi connectivity index (χ1v) is 15.7. The molecule has 1 radical (unpaired) electrons. The molecule has 5 aromatic rings. The van der Waals surface area contributed by atoms with E-state index in [4.69, 9.17) is 14.3 Å². The predicted molar refractivity (Wildman–Crippen MR) is 185 cm³/mol. The smallest absolute Gasteiger partial charge is 0.216 e. The molecular formula is C39H41IrNO2P-. The Balaban J connectivity index is 0.00000176. The monoisotopic (exact) mass is 779 g/mol. The maximum Gasteiger partial charge on any atom is 0.216 e. The predicted octanol–water partition coefficient (Wildman–Crippen LogP) is 8.14. The SMILES string of the molecule is CC1OC(c2ccccc2)=NC1C(Cc1ccccc1)(Cc1ccccc1)O[PH+](c1ccccc1)c1ccccc1.[CH3-].[CH3-].[Ir].